The molecule has 0 radical (unpaired) electrons. The molecule has 4 heteroatoms. The lowest BCUT2D eigenvalue weighted by atomic mass is 10.1. The number of aromatic nitrogens is 2. The molecule has 1 N–H and O–H groups in total. The molecule has 110 valence electrons. The Labute approximate surface area is 129 Å². The third kappa shape index (κ3) is 2.22. The van der Waals surface area contributed by atoms with E-state index in [1.54, 1.807) is 0 Å². The van der Waals surface area contributed by atoms with Crippen LogP contribution in [0, 0.1) is 0 Å². The lowest BCUT2D eigenvalue weighted by Crippen LogP contribution is -2.28. The molecule has 1 aliphatic heterocycles. The molecular formula is C18H17N3O. The Hall–Kier alpha value is -2.75. The van der Waals surface area contributed by atoms with Crippen molar-refractivity contribution in [3.63, 3.8) is 0 Å². The second kappa shape index (κ2) is 5.22. The van der Waals surface area contributed by atoms with Crippen LogP contribution < -0.4 is 9.64 Å². The van der Waals surface area contributed by atoms with Gasteiger partial charge >= 0.3 is 0 Å². The van der Waals surface area contributed by atoms with E-state index < -0.39 is 0 Å². The maximum atomic E-state index is 5.69. The zero-order valence-electron chi connectivity index (χ0n) is 12.4. The van der Waals surface area contributed by atoms with Gasteiger partial charge in [-0.3, -0.25) is 0 Å². The Bertz CT molecular complexity index is 795. The van der Waals surface area contributed by atoms with Gasteiger partial charge in [0.25, 0.3) is 0 Å². The van der Waals surface area contributed by atoms with Gasteiger partial charge in [-0.05, 0) is 18.2 Å². The van der Waals surface area contributed by atoms with Crippen molar-refractivity contribution in [1.82, 2.24) is 9.97 Å². The molecule has 0 saturated carbocycles. The van der Waals surface area contributed by atoms with Crippen LogP contribution in [-0.4, -0.2) is 30.2 Å². The number of hydrogen-bond donors (Lipinski definition) is 1. The number of imidazole rings is 1. The molecule has 4 rings (SSSR count). The molecule has 0 bridgehead atoms. The molecule has 0 amide bonds. The van der Waals surface area contributed by atoms with Crippen LogP contribution in [-0.2, 0) is 0 Å². The quantitative estimate of drug-likeness (QED) is 0.784. The summed E-state index contributed by atoms with van der Waals surface area (Å²) in [6, 6.07) is 16.4. The van der Waals surface area contributed by atoms with E-state index in [4.69, 9.17) is 4.74 Å². The number of ether oxygens (including phenoxy) is 1. The molecule has 1 aromatic heterocycles. The Morgan fingerprint density at radius 1 is 1.09 bits per heavy atom. The average Bonchev–Trinajstić information content (AvgIpc) is 3.06. The monoisotopic (exact) mass is 291 g/mol. The third-order valence-electron chi connectivity index (χ3n) is 3.99. The van der Waals surface area contributed by atoms with Crippen LogP contribution in [0.1, 0.15) is 0 Å². The highest BCUT2D eigenvalue weighted by molar-refractivity contribution is 5.72. The first-order valence-corrected chi connectivity index (χ1v) is 7.40. The molecule has 1 aliphatic rings. The van der Waals surface area contributed by atoms with Gasteiger partial charge in [0, 0.05) is 18.2 Å². The first-order valence-electron chi connectivity index (χ1n) is 7.40. The number of hydrogen-bond acceptors (Lipinski definition) is 3. The van der Waals surface area contributed by atoms with Crippen molar-refractivity contribution in [3.8, 4) is 28.4 Å². The summed E-state index contributed by atoms with van der Waals surface area (Å²) in [5, 5.41) is 0. The van der Waals surface area contributed by atoms with E-state index in [-0.39, 0.29) is 0 Å². The number of anilines is 1. The fourth-order valence-corrected chi connectivity index (χ4v) is 2.73. The van der Waals surface area contributed by atoms with Gasteiger partial charge in [-0.25, -0.2) is 4.98 Å². The normalized spacial score (nSPS) is 13.6. The number of nitrogens with zero attached hydrogens (tertiary/aromatic N) is 2. The van der Waals surface area contributed by atoms with Crippen molar-refractivity contribution in [1.29, 1.82) is 0 Å². The predicted octanol–water partition coefficient (Wildman–Crippen LogP) is 3.57. The highest BCUT2D eigenvalue weighted by Gasteiger charge is 2.16. The number of fused-ring (bicyclic) bond motifs is 1. The Morgan fingerprint density at radius 2 is 1.95 bits per heavy atom. The van der Waals surface area contributed by atoms with Crippen LogP contribution >= 0.6 is 0 Å². The summed E-state index contributed by atoms with van der Waals surface area (Å²) < 4.78 is 5.69. The number of H-pyrrole nitrogens is 1. The summed E-state index contributed by atoms with van der Waals surface area (Å²) in [7, 11) is 2.09. The molecule has 2 heterocycles. The fraction of sp³-hybridized carbons (Fsp3) is 0.167. The second-order valence-electron chi connectivity index (χ2n) is 5.46. The van der Waals surface area contributed by atoms with E-state index in [9.17, 15) is 0 Å². The van der Waals surface area contributed by atoms with Gasteiger partial charge in [-0.2, -0.15) is 0 Å². The summed E-state index contributed by atoms with van der Waals surface area (Å²) >= 11 is 0. The van der Waals surface area contributed by atoms with Crippen molar-refractivity contribution in [2.75, 3.05) is 25.1 Å². The summed E-state index contributed by atoms with van der Waals surface area (Å²) in [5.41, 5.74) is 4.35. The maximum Gasteiger partial charge on any atom is 0.142 e. The minimum absolute atomic E-state index is 0.741. The first-order chi connectivity index (χ1) is 10.8. The zero-order valence-corrected chi connectivity index (χ0v) is 12.4. The first kappa shape index (κ1) is 13.0. The number of nitrogens with one attached hydrogen (secondary N) is 1. The van der Waals surface area contributed by atoms with Gasteiger partial charge in [0.2, 0.25) is 0 Å². The van der Waals surface area contributed by atoms with E-state index in [1.807, 2.05) is 30.5 Å². The van der Waals surface area contributed by atoms with E-state index in [0.717, 1.165) is 47.2 Å². The molecule has 0 aliphatic carbocycles. The largest absolute Gasteiger partial charge is 0.490 e. The van der Waals surface area contributed by atoms with Gasteiger partial charge in [0.15, 0.2) is 0 Å². The average molecular weight is 291 g/mol. The van der Waals surface area contributed by atoms with Crippen LogP contribution in [0.25, 0.3) is 22.6 Å². The van der Waals surface area contributed by atoms with Crippen molar-refractivity contribution in [2.24, 2.45) is 0 Å². The molecule has 2 aromatic carbocycles. The Morgan fingerprint density at radius 3 is 2.82 bits per heavy atom. The lowest BCUT2D eigenvalue weighted by molar-refractivity contribution is 0.311. The molecule has 22 heavy (non-hydrogen) atoms. The molecule has 4 nitrogen and oxygen atoms in total. The molecule has 0 unspecified atom stereocenters. The lowest BCUT2D eigenvalue weighted by Gasteiger charge is -2.27. The number of aromatic amines is 1. The number of rotatable bonds is 2. The molecule has 0 atom stereocenters. The Kier molecular flexibility index (Phi) is 3.07. The highest BCUT2D eigenvalue weighted by Crippen LogP contribution is 2.34. The maximum absolute atomic E-state index is 5.69. The van der Waals surface area contributed by atoms with E-state index in [2.05, 4.69) is 46.2 Å². The minimum Gasteiger partial charge on any atom is -0.490 e. The highest BCUT2D eigenvalue weighted by atomic mass is 16.5. The third-order valence-corrected chi connectivity index (χ3v) is 3.99. The predicted molar refractivity (Wildman–Crippen MR) is 88.2 cm³/mol. The topological polar surface area (TPSA) is 41.1 Å². The number of likely N-dealkylation sites (N-methyl/N-ethyl adjacent to an activating group) is 1. The molecular weight excluding hydrogens is 274 g/mol. The van der Waals surface area contributed by atoms with Crippen molar-refractivity contribution < 1.29 is 4.74 Å². The van der Waals surface area contributed by atoms with E-state index in [1.165, 1.54) is 0 Å². The van der Waals surface area contributed by atoms with Crippen molar-refractivity contribution in [3.05, 3.63) is 54.7 Å². The van der Waals surface area contributed by atoms with Gasteiger partial charge in [-0.15, -0.1) is 0 Å². The van der Waals surface area contributed by atoms with Crippen LogP contribution in [0.4, 0.5) is 5.69 Å². The SMILES string of the molecule is CN1CCOc2ccc(-c3cnc(-c4ccccc4)[nH]3)cc21. The van der Waals surface area contributed by atoms with Crippen LogP contribution in [0.5, 0.6) is 5.75 Å². The van der Waals surface area contributed by atoms with Crippen LogP contribution in [0.15, 0.2) is 54.7 Å². The molecule has 0 fully saturated rings. The summed E-state index contributed by atoms with van der Waals surface area (Å²) in [6.07, 6.45) is 1.88. The second-order valence-corrected chi connectivity index (χ2v) is 5.46. The molecule has 0 saturated heterocycles. The van der Waals surface area contributed by atoms with Crippen molar-refractivity contribution >= 4 is 5.69 Å². The van der Waals surface area contributed by atoms with Gasteiger partial charge in [0.1, 0.15) is 18.2 Å². The molecule has 3 aromatic rings. The van der Waals surface area contributed by atoms with Crippen LogP contribution in [0.3, 0.4) is 0 Å². The molecule has 0 spiro atoms. The minimum atomic E-state index is 0.741. The van der Waals surface area contributed by atoms with Crippen LogP contribution in [0.2, 0.25) is 0 Å². The summed E-state index contributed by atoms with van der Waals surface area (Å²) in [5.74, 6) is 1.83. The fourth-order valence-electron chi connectivity index (χ4n) is 2.73. The smallest absolute Gasteiger partial charge is 0.142 e. The standard InChI is InChI=1S/C18H17N3O/c1-21-9-10-22-17-8-7-14(11-16(17)21)15-12-19-18(20-15)13-5-3-2-4-6-13/h2-8,11-12H,9-10H2,1H3,(H,19,20). The summed E-state index contributed by atoms with van der Waals surface area (Å²) in [6.45, 7) is 1.65. The van der Waals surface area contributed by atoms with Gasteiger partial charge < -0.3 is 14.6 Å². The van der Waals surface area contributed by atoms with Gasteiger partial charge in [-0.1, -0.05) is 30.3 Å². The van der Waals surface area contributed by atoms with E-state index in [0.29, 0.717) is 0 Å². The Balaban J connectivity index is 1.71. The number of benzene rings is 2. The van der Waals surface area contributed by atoms with Gasteiger partial charge in [0.05, 0.1) is 24.1 Å². The van der Waals surface area contributed by atoms with E-state index >= 15 is 0 Å². The zero-order chi connectivity index (χ0) is 14.9. The summed E-state index contributed by atoms with van der Waals surface area (Å²) in [4.78, 5) is 10.1. The van der Waals surface area contributed by atoms with Crippen molar-refractivity contribution in [2.45, 2.75) is 0 Å².